The van der Waals surface area contributed by atoms with Gasteiger partial charge in [-0.3, -0.25) is 24.5 Å². The molecular formula is C30H65N5. The lowest BCUT2D eigenvalue weighted by Crippen LogP contribution is -2.54. The number of nitrogens with zero attached hydrogens (tertiary/aromatic N) is 5. The predicted octanol–water partition coefficient (Wildman–Crippen LogP) is 5.50. The van der Waals surface area contributed by atoms with Crippen LogP contribution < -0.4 is 0 Å². The minimum absolute atomic E-state index is 0.163. The van der Waals surface area contributed by atoms with Gasteiger partial charge in [0, 0.05) is 93.1 Å². The molecule has 0 bridgehead atoms. The van der Waals surface area contributed by atoms with Gasteiger partial charge in [-0.1, -0.05) is 0 Å². The van der Waals surface area contributed by atoms with Crippen LogP contribution in [0.4, 0.5) is 0 Å². The summed E-state index contributed by atoms with van der Waals surface area (Å²) in [5.41, 5.74) is 0.813. The minimum atomic E-state index is 0.163. The Morgan fingerprint density at radius 2 is 0.314 bits per heavy atom. The van der Waals surface area contributed by atoms with Gasteiger partial charge in [0.1, 0.15) is 0 Å². The summed E-state index contributed by atoms with van der Waals surface area (Å²) in [4.78, 5) is 13.6. The fraction of sp³-hybridized carbons (Fsp3) is 1.00. The van der Waals surface area contributed by atoms with Crippen LogP contribution in [0.3, 0.4) is 0 Å². The summed E-state index contributed by atoms with van der Waals surface area (Å²) in [6.07, 6.45) is 0. The second-order valence-corrected chi connectivity index (χ2v) is 15.8. The average molecular weight is 496 g/mol. The number of hydrogen-bond acceptors (Lipinski definition) is 5. The van der Waals surface area contributed by atoms with Crippen molar-refractivity contribution in [3.63, 3.8) is 0 Å². The van der Waals surface area contributed by atoms with Crippen LogP contribution in [0.2, 0.25) is 0 Å². The SMILES string of the molecule is CC(C)(C)N1CCN(C(C)(C)C)CCN(C(C)(C)C)CCN(C(C)(C)C)CCN(C(C)(C)C)CC1. The third-order valence-corrected chi connectivity index (χ3v) is 7.94. The molecule has 0 saturated carbocycles. The Morgan fingerprint density at radius 1 is 0.229 bits per heavy atom. The van der Waals surface area contributed by atoms with Crippen LogP contribution >= 0.6 is 0 Å². The summed E-state index contributed by atoms with van der Waals surface area (Å²) in [5.74, 6) is 0. The summed E-state index contributed by atoms with van der Waals surface area (Å²) < 4.78 is 0. The van der Waals surface area contributed by atoms with Crippen molar-refractivity contribution in [1.29, 1.82) is 0 Å². The molecule has 1 aliphatic rings. The van der Waals surface area contributed by atoms with E-state index >= 15 is 0 Å². The van der Waals surface area contributed by atoms with E-state index in [0.29, 0.717) is 0 Å². The molecule has 0 N–H and O–H groups in total. The van der Waals surface area contributed by atoms with E-state index in [0.717, 1.165) is 65.4 Å². The fourth-order valence-electron chi connectivity index (χ4n) is 5.12. The third kappa shape index (κ3) is 11.4. The Labute approximate surface area is 221 Å². The molecule has 0 aliphatic carbocycles. The normalized spacial score (nSPS) is 22.7. The second-order valence-electron chi connectivity index (χ2n) is 15.8. The lowest BCUT2D eigenvalue weighted by molar-refractivity contribution is 0.0467. The van der Waals surface area contributed by atoms with E-state index in [1.807, 2.05) is 0 Å². The highest BCUT2D eigenvalue weighted by Crippen LogP contribution is 2.22. The van der Waals surface area contributed by atoms with Crippen molar-refractivity contribution in [2.24, 2.45) is 0 Å². The molecule has 1 heterocycles. The van der Waals surface area contributed by atoms with Crippen molar-refractivity contribution in [3.8, 4) is 0 Å². The number of rotatable bonds is 0. The molecule has 0 aromatic rings. The molecule has 1 fully saturated rings. The second kappa shape index (κ2) is 12.1. The first-order valence-corrected chi connectivity index (χ1v) is 14.3. The van der Waals surface area contributed by atoms with Crippen molar-refractivity contribution in [2.45, 2.75) is 132 Å². The van der Waals surface area contributed by atoms with Gasteiger partial charge in [-0.2, -0.15) is 0 Å². The molecule has 0 spiro atoms. The summed E-state index contributed by atoms with van der Waals surface area (Å²) in [6.45, 7) is 46.9. The molecule has 0 unspecified atom stereocenters. The Kier molecular flexibility index (Phi) is 11.4. The van der Waals surface area contributed by atoms with Crippen LogP contribution in [0.25, 0.3) is 0 Å². The maximum atomic E-state index is 2.72. The maximum Gasteiger partial charge on any atom is 0.0126 e. The summed E-state index contributed by atoms with van der Waals surface area (Å²) >= 11 is 0. The van der Waals surface area contributed by atoms with Crippen LogP contribution in [0, 0.1) is 0 Å². The van der Waals surface area contributed by atoms with Gasteiger partial charge in [-0.05, 0) is 104 Å². The van der Waals surface area contributed by atoms with Gasteiger partial charge in [0.2, 0.25) is 0 Å². The smallest absolute Gasteiger partial charge is 0.0126 e. The molecule has 0 amide bonds. The Morgan fingerprint density at radius 3 is 0.371 bits per heavy atom. The van der Waals surface area contributed by atoms with Gasteiger partial charge in [0.25, 0.3) is 0 Å². The Bertz CT molecular complexity index is 461. The topological polar surface area (TPSA) is 16.2 Å². The van der Waals surface area contributed by atoms with E-state index in [1.165, 1.54) is 0 Å². The first-order valence-electron chi connectivity index (χ1n) is 14.3. The molecule has 35 heavy (non-hydrogen) atoms. The van der Waals surface area contributed by atoms with Crippen LogP contribution in [-0.4, -0.2) is 118 Å². The molecule has 0 aromatic carbocycles. The third-order valence-electron chi connectivity index (χ3n) is 7.94. The molecule has 0 atom stereocenters. The molecule has 1 aliphatic heterocycles. The first kappa shape index (κ1) is 32.8. The average Bonchev–Trinajstić information content (AvgIpc) is 2.60. The van der Waals surface area contributed by atoms with Gasteiger partial charge >= 0.3 is 0 Å². The lowest BCUT2D eigenvalue weighted by Gasteiger charge is -2.44. The molecule has 210 valence electrons. The first-order chi connectivity index (χ1) is 15.5. The zero-order valence-electron chi connectivity index (χ0n) is 26.8. The summed E-state index contributed by atoms with van der Waals surface area (Å²) in [7, 11) is 0. The number of hydrogen-bond donors (Lipinski definition) is 0. The van der Waals surface area contributed by atoms with E-state index < -0.39 is 0 Å². The van der Waals surface area contributed by atoms with Crippen molar-refractivity contribution < 1.29 is 0 Å². The quantitative estimate of drug-likeness (QED) is 0.440. The van der Waals surface area contributed by atoms with E-state index in [4.69, 9.17) is 0 Å². The van der Waals surface area contributed by atoms with Gasteiger partial charge < -0.3 is 0 Å². The van der Waals surface area contributed by atoms with Crippen LogP contribution in [-0.2, 0) is 0 Å². The van der Waals surface area contributed by atoms with Crippen molar-refractivity contribution >= 4 is 0 Å². The molecule has 5 heteroatoms. The van der Waals surface area contributed by atoms with Gasteiger partial charge in [-0.25, -0.2) is 0 Å². The summed E-state index contributed by atoms with van der Waals surface area (Å²) in [5, 5.41) is 0. The van der Waals surface area contributed by atoms with Crippen molar-refractivity contribution in [3.05, 3.63) is 0 Å². The Hall–Kier alpha value is -0.200. The lowest BCUT2D eigenvalue weighted by atomic mass is 10.0. The van der Waals surface area contributed by atoms with Crippen molar-refractivity contribution in [1.82, 2.24) is 24.5 Å². The zero-order chi connectivity index (χ0) is 27.5. The molecule has 1 rings (SSSR count). The highest BCUT2D eigenvalue weighted by Gasteiger charge is 2.31. The van der Waals surface area contributed by atoms with Gasteiger partial charge in [0.05, 0.1) is 0 Å². The minimum Gasteiger partial charge on any atom is -0.296 e. The van der Waals surface area contributed by atoms with Gasteiger partial charge in [-0.15, -0.1) is 0 Å². The standard InChI is InChI=1S/C30H65N5/c1-26(2,3)31-16-18-32(27(4,5)6)20-22-34(29(10,11)12)24-25-35(30(13,14)15)23-21-33(19-17-31)28(7,8)9/h16-25H2,1-15H3. The predicted molar refractivity (Wildman–Crippen MR) is 157 cm³/mol. The van der Waals surface area contributed by atoms with E-state index in [-0.39, 0.29) is 27.7 Å². The molecular weight excluding hydrogens is 430 g/mol. The molecule has 0 aromatic heterocycles. The summed E-state index contributed by atoms with van der Waals surface area (Å²) in [6, 6.07) is 0. The van der Waals surface area contributed by atoms with Crippen molar-refractivity contribution in [2.75, 3.05) is 65.4 Å². The van der Waals surface area contributed by atoms with E-state index in [1.54, 1.807) is 0 Å². The van der Waals surface area contributed by atoms with Crippen LogP contribution in [0.1, 0.15) is 104 Å². The molecule has 0 radical (unpaired) electrons. The molecule has 5 nitrogen and oxygen atoms in total. The fourth-order valence-corrected chi connectivity index (χ4v) is 5.12. The monoisotopic (exact) mass is 496 g/mol. The van der Waals surface area contributed by atoms with Crippen LogP contribution in [0.15, 0.2) is 0 Å². The van der Waals surface area contributed by atoms with E-state index in [9.17, 15) is 0 Å². The Balaban J connectivity index is 3.36. The highest BCUT2D eigenvalue weighted by atomic mass is 15.3. The largest absolute Gasteiger partial charge is 0.296 e. The zero-order valence-corrected chi connectivity index (χ0v) is 26.8. The molecule has 1 saturated heterocycles. The highest BCUT2D eigenvalue weighted by molar-refractivity contribution is 4.88. The van der Waals surface area contributed by atoms with Gasteiger partial charge in [0.15, 0.2) is 0 Å². The maximum absolute atomic E-state index is 2.72. The van der Waals surface area contributed by atoms with E-state index in [2.05, 4.69) is 128 Å². The van der Waals surface area contributed by atoms with Crippen LogP contribution in [0.5, 0.6) is 0 Å².